The van der Waals surface area contributed by atoms with Crippen molar-refractivity contribution in [2.24, 2.45) is 0 Å². The quantitative estimate of drug-likeness (QED) is 0.601. The number of amides is 1. The second kappa shape index (κ2) is 8.47. The number of carbonyl (C=O) groups excluding carboxylic acids is 1. The number of rotatable bonds is 7. The Hall–Kier alpha value is -2.15. The molecule has 1 aromatic heterocycles. The second-order valence-electron chi connectivity index (χ2n) is 4.96. The van der Waals surface area contributed by atoms with Crippen LogP contribution in [-0.2, 0) is 4.79 Å². The highest BCUT2D eigenvalue weighted by molar-refractivity contribution is 7.99. The number of para-hydroxylation sites is 1. The van der Waals surface area contributed by atoms with Gasteiger partial charge in [-0.25, -0.2) is 0 Å². The minimum Gasteiger partial charge on any atom is -0.325 e. The molecule has 2 rings (SSSR count). The van der Waals surface area contributed by atoms with E-state index in [4.69, 9.17) is 0 Å². The molecule has 122 valence electrons. The topological polar surface area (TPSA) is 87.7 Å². The standard InChI is InChI=1S/C16H20N4O2S/c1-3-5-10-23-16-18-15(22)14(19-20-16)11-8-6-7-9-12(11)17-13(21)4-2/h6-9H,3-5,10H2,1-2H3,(H,17,21)(H,18,20,22). The Morgan fingerprint density at radius 1 is 1.26 bits per heavy atom. The third-order valence-electron chi connectivity index (χ3n) is 3.19. The van der Waals surface area contributed by atoms with Gasteiger partial charge in [-0.1, -0.05) is 50.2 Å². The van der Waals surface area contributed by atoms with Gasteiger partial charge in [-0.15, -0.1) is 10.2 Å². The minimum atomic E-state index is -0.308. The molecule has 0 aliphatic carbocycles. The zero-order chi connectivity index (χ0) is 16.7. The maximum Gasteiger partial charge on any atom is 0.278 e. The molecule has 1 amide bonds. The Morgan fingerprint density at radius 3 is 2.74 bits per heavy atom. The third-order valence-corrected chi connectivity index (χ3v) is 4.14. The van der Waals surface area contributed by atoms with Crippen molar-refractivity contribution in [2.45, 2.75) is 38.3 Å². The van der Waals surface area contributed by atoms with E-state index in [2.05, 4.69) is 27.4 Å². The molecular formula is C16H20N4O2S. The molecule has 0 saturated heterocycles. The van der Waals surface area contributed by atoms with Crippen LogP contribution in [0.4, 0.5) is 5.69 Å². The van der Waals surface area contributed by atoms with Crippen molar-refractivity contribution >= 4 is 23.4 Å². The van der Waals surface area contributed by atoms with Crippen molar-refractivity contribution < 1.29 is 4.79 Å². The number of nitrogens with zero attached hydrogens (tertiary/aromatic N) is 2. The van der Waals surface area contributed by atoms with E-state index in [-0.39, 0.29) is 17.2 Å². The molecule has 0 unspecified atom stereocenters. The summed E-state index contributed by atoms with van der Waals surface area (Å²) in [6.07, 6.45) is 2.51. The zero-order valence-corrected chi connectivity index (χ0v) is 14.1. The van der Waals surface area contributed by atoms with E-state index in [9.17, 15) is 9.59 Å². The van der Waals surface area contributed by atoms with Gasteiger partial charge in [-0.3, -0.25) is 14.6 Å². The van der Waals surface area contributed by atoms with Crippen molar-refractivity contribution in [1.29, 1.82) is 0 Å². The molecule has 7 heteroatoms. The van der Waals surface area contributed by atoms with E-state index in [1.807, 2.05) is 0 Å². The van der Waals surface area contributed by atoms with Crippen LogP contribution in [0.3, 0.4) is 0 Å². The van der Waals surface area contributed by atoms with Crippen LogP contribution in [0.1, 0.15) is 33.1 Å². The van der Waals surface area contributed by atoms with Gasteiger partial charge in [0.1, 0.15) is 0 Å². The Balaban J connectivity index is 2.28. The van der Waals surface area contributed by atoms with Gasteiger partial charge in [-0.2, -0.15) is 0 Å². The summed E-state index contributed by atoms with van der Waals surface area (Å²) in [6, 6.07) is 7.08. The predicted octanol–water partition coefficient (Wildman–Crippen LogP) is 3.07. The fraction of sp³-hybridized carbons (Fsp3) is 0.375. The van der Waals surface area contributed by atoms with Crippen LogP contribution in [0.2, 0.25) is 0 Å². The van der Waals surface area contributed by atoms with E-state index in [0.29, 0.717) is 22.8 Å². The van der Waals surface area contributed by atoms with Crippen LogP contribution in [0.5, 0.6) is 0 Å². The first-order valence-corrected chi connectivity index (χ1v) is 8.63. The van der Waals surface area contributed by atoms with Gasteiger partial charge in [0.05, 0.1) is 5.69 Å². The van der Waals surface area contributed by atoms with Gasteiger partial charge in [0, 0.05) is 17.7 Å². The summed E-state index contributed by atoms with van der Waals surface area (Å²) in [5.41, 5.74) is 1.02. The molecule has 0 radical (unpaired) electrons. The average Bonchev–Trinajstić information content (AvgIpc) is 2.56. The number of unbranched alkanes of at least 4 members (excludes halogenated alkanes) is 1. The SMILES string of the molecule is CCCCSc1nnc(-c2ccccc2NC(=O)CC)c(=O)[nH]1. The van der Waals surface area contributed by atoms with E-state index in [0.717, 1.165) is 18.6 Å². The van der Waals surface area contributed by atoms with Crippen LogP contribution in [0.15, 0.2) is 34.2 Å². The summed E-state index contributed by atoms with van der Waals surface area (Å²) in [6.45, 7) is 3.88. The fourth-order valence-corrected chi connectivity index (χ4v) is 2.80. The molecule has 1 heterocycles. The van der Waals surface area contributed by atoms with Crippen molar-refractivity contribution in [3.8, 4) is 11.3 Å². The lowest BCUT2D eigenvalue weighted by Gasteiger charge is -2.09. The van der Waals surface area contributed by atoms with Gasteiger partial charge >= 0.3 is 0 Å². The summed E-state index contributed by atoms with van der Waals surface area (Å²) in [5.74, 6) is 0.775. The summed E-state index contributed by atoms with van der Waals surface area (Å²) >= 11 is 1.48. The first kappa shape index (κ1) is 17.2. The van der Waals surface area contributed by atoms with E-state index < -0.39 is 0 Å². The summed E-state index contributed by atoms with van der Waals surface area (Å²) in [5, 5.41) is 11.4. The first-order valence-electron chi connectivity index (χ1n) is 7.64. The molecular weight excluding hydrogens is 312 g/mol. The number of aromatic amines is 1. The number of carbonyl (C=O) groups is 1. The molecule has 0 aliphatic rings. The normalized spacial score (nSPS) is 10.5. The maximum absolute atomic E-state index is 12.3. The lowest BCUT2D eigenvalue weighted by molar-refractivity contribution is -0.115. The van der Waals surface area contributed by atoms with Crippen molar-refractivity contribution in [3.05, 3.63) is 34.6 Å². The van der Waals surface area contributed by atoms with Crippen LogP contribution in [-0.4, -0.2) is 26.8 Å². The van der Waals surface area contributed by atoms with Crippen LogP contribution < -0.4 is 10.9 Å². The Morgan fingerprint density at radius 2 is 2.04 bits per heavy atom. The minimum absolute atomic E-state index is 0.117. The third kappa shape index (κ3) is 4.66. The predicted molar refractivity (Wildman–Crippen MR) is 92.6 cm³/mol. The molecule has 2 N–H and O–H groups in total. The van der Waals surface area contributed by atoms with Gasteiger partial charge in [0.15, 0.2) is 10.9 Å². The molecule has 2 aromatic rings. The van der Waals surface area contributed by atoms with Crippen molar-refractivity contribution in [1.82, 2.24) is 15.2 Å². The smallest absolute Gasteiger partial charge is 0.278 e. The maximum atomic E-state index is 12.3. The Labute approximate surface area is 139 Å². The Bertz CT molecular complexity index is 730. The molecule has 0 aliphatic heterocycles. The zero-order valence-electron chi connectivity index (χ0n) is 13.3. The molecule has 0 saturated carbocycles. The molecule has 0 bridgehead atoms. The number of anilines is 1. The van der Waals surface area contributed by atoms with Crippen LogP contribution in [0, 0.1) is 0 Å². The van der Waals surface area contributed by atoms with Crippen molar-refractivity contribution in [3.63, 3.8) is 0 Å². The largest absolute Gasteiger partial charge is 0.325 e. The van der Waals surface area contributed by atoms with Crippen molar-refractivity contribution in [2.75, 3.05) is 11.1 Å². The molecule has 23 heavy (non-hydrogen) atoms. The summed E-state index contributed by atoms with van der Waals surface area (Å²) in [7, 11) is 0. The van der Waals surface area contributed by atoms with Gasteiger partial charge in [0.2, 0.25) is 5.91 Å². The summed E-state index contributed by atoms with van der Waals surface area (Å²) in [4.78, 5) is 26.7. The van der Waals surface area contributed by atoms with E-state index in [1.54, 1.807) is 31.2 Å². The second-order valence-corrected chi connectivity index (χ2v) is 6.04. The number of benzene rings is 1. The number of aromatic nitrogens is 3. The summed E-state index contributed by atoms with van der Waals surface area (Å²) < 4.78 is 0. The van der Waals surface area contributed by atoms with Crippen LogP contribution in [0.25, 0.3) is 11.3 Å². The molecule has 0 atom stereocenters. The number of hydrogen-bond donors (Lipinski definition) is 2. The molecule has 6 nitrogen and oxygen atoms in total. The van der Waals surface area contributed by atoms with E-state index >= 15 is 0 Å². The highest BCUT2D eigenvalue weighted by Crippen LogP contribution is 2.24. The Kier molecular flexibility index (Phi) is 6.34. The number of thioether (sulfide) groups is 1. The lowest BCUT2D eigenvalue weighted by atomic mass is 10.1. The van der Waals surface area contributed by atoms with Crippen LogP contribution >= 0.6 is 11.8 Å². The lowest BCUT2D eigenvalue weighted by Crippen LogP contribution is -2.16. The first-order chi connectivity index (χ1) is 11.2. The molecule has 0 fully saturated rings. The number of H-pyrrole nitrogens is 1. The monoisotopic (exact) mass is 332 g/mol. The van der Waals surface area contributed by atoms with E-state index in [1.165, 1.54) is 11.8 Å². The number of nitrogens with one attached hydrogen (secondary N) is 2. The highest BCUT2D eigenvalue weighted by Gasteiger charge is 2.13. The fourth-order valence-electron chi connectivity index (χ4n) is 1.91. The molecule has 0 spiro atoms. The van der Waals surface area contributed by atoms with Gasteiger partial charge < -0.3 is 5.32 Å². The highest BCUT2D eigenvalue weighted by atomic mass is 32.2. The number of hydrogen-bond acceptors (Lipinski definition) is 5. The average molecular weight is 332 g/mol. The van der Waals surface area contributed by atoms with Gasteiger partial charge in [0.25, 0.3) is 5.56 Å². The van der Waals surface area contributed by atoms with Gasteiger partial charge in [-0.05, 0) is 12.5 Å². The molecule has 1 aromatic carbocycles.